The lowest BCUT2D eigenvalue weighted by molar-refractivity contribution is -0.302. The molecule has 17 heavy (non-hydrogen) atoms. The number of hydrazone groups is 1. The Hall–Kier alpha value is -1.11. The number of aliphatic hydroxyl groups is 1. The lowest BCUT2D eigenvalue weighted by Gasteiger charge is -2.32. The Morgan fingerprint density at radius 1 is 1.59 bits per heavy atom. The SMILES string of the molecule is CCC1=NN(C(=O)C2CC2)[C@](O)(C(F)(F)F)C1. The van der Waals surface area contributed by atoms with Crippen LogP contribution in [0.25, 0.3) is 0 Å². The largest absolute Gasteiger partial charge is 0.438 e. The van der Waals surface area contributed by atoms with Gasteiger partial charge >= 0.3 is 6.18 Å². The normalized spacial score (nSPS) is 29.5. The maximum absolute atomic E-state index is 12.8. The van der Waals surface area contributed by atoms with E-state index in [1.807, 2.05) is 0 Å². The summed E-state index contributed by atoms with van der Waals surface area (Å²) in [5.74, 6) is -1.14. The van der Waals surface area contributed by atoms with E-state index in [4.69, 9.17) is 0 Å². The maximum Gasteiger partial charge on any atom is 0.438 e. The number of hydrogen-bond acceptors (Lipinski definition) is 3. The van der Waals surface area contributed by atoms with Gasteiger partial charge in [-0.1, -0.05) is 6.92 Å². The number of halogens is 3. The number of nitrogens with zero attached hydrogens (tertiary/aromatic N) is 2. The van der Waals surface area contributed by atoms with Crippen molar-refractivity contribution in [2.24, 2.45) is 11.0 Å². The summed E-state index contributed by atoms with van der Waals surface area (Å²) in [6, 6.07) is 0. The van der Waals surface area contributed by atoms with Crippen LogP contribution in [0, 0.1) is 5.92 Å². The molecule has 0 aromatic rings. The second-order valence-electron chi connectivity index (χ2n) is 4.44. The average Bonchev–Trinajstić information content (AvgIpc) is 3.00. The minimum atomic E-state index is -4.89. The van der Waals surface area contributed by atoms with Crippen LogP contribution in [0.4, 0.5) is 13.2 Å². The van der Waals surface area contributed by atoms with Gasteiger partial charge in [0.15, 0.2) is 0 Å². The number of amides is 1. The standard InChI is InChI=1S/C10H13F3N2O2/c1-2-7-5-9(17,10(11,12)13)15(14-7)8(16)6-3-4-6/h6,17H,2-5H2,1H3/t9-/m1/s1. The molecule has 1 saturated carbocycles. The van der Waals surface area contributed by atoms with E-state index in [0.717, 1.165) is 0 Å². The van der Waals surface area contributed by atoms with Gasteiger partial charge < -0.3 is 5.11 Å². The molecule has 1 atom stereocenters. The van der Waals surface area contributed by atoms with Gasteiger partial charge in [-0.05, 0) is 19.3 Å². The van der Waals surface area contributed by atoms with Gasteiger partial charge in [0.1, 0.15) is 0 Å². The first-order valence-electron chi connectivity index (χ1n) is 5.49. The smallest absolute Gasteiger partial charge is 0.362 e. The zero-order valence-corrected chi connectivity index (χ0v) is 9.29. The van der Waals surface area contributed by atoms with Gasteiger partial charge in [0, 0.05) is 18.1 Å². The Morgan fingerprint density at radius 2 is 2.18 bits per heavy atom. The van der Waals surface area contributed by atoms with Crippen molar-refractivity contribution in [1.82, 2.24) is 5.01 Å². The lowest BCUT2D eigenvalue weighted by atomic mass is 10.0. The summed E-state index contributed by atoms with van der Waals surface area (Å²) >= 11 is 0. The highest BCUT2D eigenvalue weighted by Gasteiger charge is 2.63. The Bertz CT molecular complexity index is 376. The van der Waals surface area contributed by atoms with E-state index < -0.39 is 30.1 Å². The topological polar surface area (TPSA) is 52.9 Å². The minimum Gasteiger partial charge on any atom is -0.362 e. The number of rotatable bonds is 2. The predicted octanol–water partition coefficient (Wildman–Crippen LogP) is 1.65. The second-order valence-corrected chi connectivity index (χ2v) is 4.44. The van der Waals surface area contributed by atoms with Gasteiger partial charge in [-0.15, -0.1) is 0 Å². The van der Waals surface area contributed by atoms with Crippen molar-refractivity contribution in [3.63, 3.8) is 0 Å². The van der Waals surface area contributed by atoms with Crippen LogP contribution in [0.5, 0.6) is 0 Å². The molecule has 1 amide bonds. The third kappa shape index (κ3) is 1.92. The molecule has 96 valence electrons. The Labute approximate surface area is 96.1 Å². The summed E-state index contributed by atoms with van der Waals surface area (Å²) < 4.78 is 38.5. The third-order valence-electron chi connectivity index (χ3n) is 3.04. The highest BCUT2D eigenvalue weighted by atomic mass is 19.4. The molecule has 0 unspecified atom stereocenters. The van der Waals surface area contributed by atoms with Crippen molar-refractivity contribution >= 4 is 11.6 Å². The third-order valence-corrected chi connectivity index (χ3v) is 3.04. The van der Waals surface area contributed by atoms with E-state index in [9.17, 15) is 23.1 Å². The minimum absolute atomic E-state index is 0.193. The van der Waals surface area contributed by atoms with E-state index in [1.165, 1.54) is 0 Å². The molecule has 2 aliphatic rings. The molecule has 7 heteroatoms. The Balaban J connectivity index is 2.30. The molecule has 1 fully saturated rings. The molecular formula is C10H13F3N2O2. The fourth-order valence-corrected chi connectivity index (χ4v) is 1.77. The molecule has 1 heterocycles. The van der Waals surface area contributed by atoms with Crippen molar-refractivity contribution in [1.29, 1.82) is 0 Å². The first-order chi connectivity index (χ1) is 7.79. The summed E-state index contributed by atoms with van der Waals surface area (Å²) in [7, 11) is 0. The van der Waals surface area contributed by atoms with E-state index >= 15 is 0 Å². The van der Waals surface area contributed by atoms with E-state index in [2.05, 4.69) is 5.10 Å². The molecule has 0 spiro atoms. The van der Waals surface area contributed by atoms with Crippen LogP contribution in [0.3, 0.4) is 0 Å². The molecular weight excluding hydrogens is 237 g/mol. The van der Waals surface area contributed by atoms with Crippen molar-refractivity contribution in [2.75, 3.05) is 0 Å². The first kappa shape index (κ1) is 12.3. The molecule has 0 bridgehead atoms. The second kappa shape index (κ2) is 3.69. The number of carbonyl (C=O) groups excluding carboxylic acids is 1. The van der Waals surface area contributed by atoms with E-state index in [1.54, 1.807) is 6.92 Å². The first-order valence-corrected chi connectivity index (χ1v) is 5.49. The molecule has 0 radical (unpaired) electrons. The van der Waals surface area contributed by atoms with Gasteiger partial charge in [-0.2, -0.15) is 23.3 Å². The average molecular weight is 250 g/mol. The van der Waals surface area contributed by atoms with Crippen LogP contribution in [0.15, 0.2) is 5.10 Å². The molecule has 0 saturated heterocycles. The molecule has 4 nitrogen and oxygen atoms in total. The van der Waals surface area contributed by atoms with Crippen LogP contribution in [0.1, 0.15) is 32.6 Å². The van der Waals surface area contributed by atoms with Gasteiger partial charge in [0.25, 0.3) is 5.72 Å². The maximum atomic E-state index is 12.8. The van der Waals surface area contributed by atoms with E-state index in [-0.39, 0.29) is 17.1 Å². The number of carbonyl (C=O) groups is 1. The summed E-state index contributed by atoms with van der Waals surface area (Å²) in [6.07, 6.45) is -4.11. The Morgan fingerprint density at radius 3 is 2.59 bits per heavy atom. The number of alkyl halides is 3. The lowest BCUT2D eigenvalue weighted by Crippen LogP contribution is -2.57. The molecule has 2 rings (SSSR count). The van der Waals surface area contributed by atoms with Crippen molar-refractivity contribution in [3.05, 3.63) is 0 Å². The molecule has 1 N–H and O–H groups in total. The fraction of sp³-hybridized carbons (Fsp3) is 0.800. The highest BCUT2D eigenvalue weighted by Crippen LogP contribution is 2.43. The van der Waals surface area contributed by atoms with Crippen LogP contribution in [0.2, 0.25) is 0 Å². The van der Waals surface area contributed by atoms with Crippen molar-refractivity contribution < 1.29 is 23.1 Å². The van der Waals surface area contributed by atoms with Crippen LogP contribution in [-0.4, -0.2) is 33.6 Å². The molecule has 1 aliphatic heterocycles. The van der Waals surface area contributed by atoms with Gasteiger partial charge in [0.05, 0.1) is 0 Å². The highest BCUT2D eigenvalue weighted by molar-refractivity contribution is 5.91. The monoisotopic (exact) mass is 250 g/mol. The van der Waals surface area contributed by atoms with Crippen LogP contribution >= 0.6 is 0 Å². The molecule has 0 aromatic carbocycles. The Kier molecular flexibility index (Phi) is 2.68. The molecule has 0 aromatic heterocycles. The predicted molar refractivity (Wildman–Crippen MR) is 52.9 cm³/mol. The fourth-order valence-electron chi connectivity index (χ4n) is 1.77. The number of hydrogen-bond donors (Lipinski definition) is 1. The van der Waals surface area contributed by atoms with Gasteiger partial charge in [0.2, 0.25) is 5.91 Å². The zero-order valence-electron chi connectivity index (χ0n) is 9.29. The van der Waals surface area contributed by atoms with Crippen molar-refractivity contribution in [2.45, 2.75) is 44.5 Å². The van der Waals surface area contributed by atoms with E-state index in [0.29, 0.717) is 12.8 Å². The quantitative estimate of drug-likeness (QED) is 0.810. The summed E-state index contributed by atoms with van der Waals surface area (Å²) in [5, 5.41) is 13.6. The van der Waals surface area contributed by atoms with Gasteiger partial charge in [-0.3, -0.25) is 4.79 Å². The van der Waals surface area contributed by atoms with Crippen LogP contribution in [-0.2, 0) is 4.79 Å². The van der Waals surface area contributed by atoms with Crippen LogP contribution < -0.4 is 0 Å². The zero-order chi connectivity index (χ0) is 12.8. The summed E-state index contributed by atoms with van der Waals surface area (Å²) in [6.45, 7) is 1.64. The summed E-state index contributed by atoms with van der Waals surface area (Å²) in [5.41, 5.74) is -2.96. The van der Waals surface area contributed by atoms with Crippen molar-refractivity contribution in [3.8, 4) is 0 Å². The van der Waals surface area contributed by atoms with Gasteiger partial charge in [-0.25, -0.2) is 0 Å². The molecule has 1 aliphatic carbocycles. The summed E-state index contributed by atoms with van der Waals surface area (Å²) in [4.78, 5) is 11.7.